The molecule has 0 radical (unpaired) electrons. The summed E-state index contributed by atoms with van der Waals surface area (Å²) in [7, 11) is -2.89. The van der Waals surface area contributed by atoms with E-state index in [1.807, 2.05) is 17.8 Å². The number of aromatic nitrogens is 1. The number of benzene rings is 9. The molecule has 1 aliphatic rings. The summed E-state index contributed by atoms with van der Waals surface area (Å²) in [6, 6.07) is 74.4. The van der Waals surface area contributed by atoms with Crippen molar-refractivity contribution in [3.05, 3.63) is 200 Å². The Morgan fingerprint density at radius 3 is 1.80 bits per heavy atom. The molecule has 4 heteroatoms. The minimum absolute atomic E-state index is 0.919. The van der Waals surface area contributed by atoms with Gasteiger partial charge in [-0.25, -0.2) is 0 Å². The minimum atomic E-state index is -2.89. The van der Waals surface area contributed by atoms with Crippen molar-refractivity contribution in [3.8, 4) is 16.8 Å². The Balaban J connectivity index is 1.11. The first-order valence-corrected chi connectivity index (χ1v) is 22.0. The van der Waals surface area contributed by atoms with Gasteiger partial charge < -0.3 is 8.98 Å². The van der Waals surface area contributed by atoms with Crippen LogP contribution in [0.1, 0.15) is 0 Å². The average Bonchev–Trinajstić information content (AvgIpc) is 3.81. The van der Waals surface area contributed by atoms with Crippen molar-refractivity contribution in [3.63, 3.8) is 0 Å². The lowest BCUT2D eigenvalue weighted by atomic mass is 10.0. The highest BCUT2D eigenvalue weighted by Crippen LogP contribution is 2.38. The van der Waals surface area contributed by atoms with Crippen LogP contribution >= 0.6 is 11.8 Å². The van der Waals surface area contributed by atoms with E-state index in [0.29, 0.717) is 0 Å². The molecule has 1 unspecified atom stereocenters. The Morgan fingerprint density at radius 1 is 0.393 bits per heavy atom. The van der Waals surface area contributed by atoms with Gasteiger partial charge in [0.25, 0.3) is 0 Å². The third-order valence-electron chi connectivity index (χ3n) is 11.9. The Kier molecular flexibility index (Phi) is 6.92. The fourth-order valence-corrected chi connectivity index (χ4v) is 16.7. The van der Waals surface area contributed by atoms with Crippen molar-refractivity contribution >= 4 is 95.1 Å². The van der Waals surface area contributed by atoms with Crippen LogP contribution in [0.25, 0.3) is 71.3 Å². The normalized spacial score (nSPS) is 15.1. The highest BCUT2D eigenvalue weighted by atomic mass is 32.2. The summed E-state index contributed by atoms with van der Waals surface area (Å²) < 4.78 is 8.63. The second kappa shape index (κ2) is 12.2. The largest absolute Gasteiger partial charge is 0.456 e. The van der Waals surface area contributed by atoms with E-state index in [9.17, 15) is 0 Å². The minimum Gasteiger partial charge on any atom is -0.456 e. The van der Waals surface area contributed by atoms with Gasteiger partial charge in [0.2, 0.25) is 0 Å². The molecule has 3 heterocycles. The monoisotopic (exact) mass is 747 g/mol. The summed E-state index contributed by atoms with van der Waals surface area (Å²) in [5, 5.41) is 13.1. The Bertz CT molecular complexity index is 3300. The molecule has 0 saturated carbocycles. The van der Waals surface area contributed by atoms with Gasteiger partial charge in [-0.2, -0.15) is 0 Å². The van der Waals surface area contributed by atoms with E-state index >= 15 is 0 Å². The summed E-state index contributed by atoms with van der Waals surface area (Å²) >= 11 is 1.91. The zero-order chi connectivity index (χ0) is 36.8. The molecule has 0 aliphatic carbocycles. The third-order valence-corrected chi connectivity index (χ3v) is 18.4. The van der Waals surface area contributed by atoms with Crippen LogP contribution in [0.4, 0.5) is 0 Å². The van der Waals surface area contributed by atoms with Crippen LogP contribution in [0.2, 0.25) is 0 Å². The lowest BCUT2D eigenvalue weighted by molar-refractivity contribution is 0.669. The van der Waals surface area contributed by atoms with E-state index in [4.69, 9.17) is 4.42 Å². The quantitative estimate of drug-likeness (QED) is 0.167. The molecule has 262 valence electrons. The zero-order valence-corrected chi connectivity index (χ0v) is 32.1. The van der Waals surface area contributed by atoms with Gasteiger partial charge >= 0.3 is 0 Å². The van der Waals surface area contributed by atoms with Crippen LogP contribution in [0.5, 0.6) is 0 Å². The second-order valence-electron chi connectivity index (χ2n) is 14.8. The summed E-state index contributed by atoms with van der Waals surface area (Å²) in [5.74, 6) is 0. The molecule has 0 fully saturated rings. The molecule has 1 aliphatic heterocycles. The summed E-state index contributed by atoms with van der Waals surface area (Å²) in [6.07, 6.45) is 0. The van der Waals surface area contributed by atoms with Gasteiger partial charge in [0.05, 0.1) is 11.0 Å². The number of hydrogen-bond donors (Lipinski definition) is 0. The number of fused-ring (bicyclic) bond motifs is 9. The lowest BCUT2D eigenvalue weighted by Crippen LogP contribution is -2.76. The maximum absolute atomic E-state index is 6.21. The molecule has 0 N–H and O–H groups in total. The predicted molar refractivity (Wildman–Crippen MR) is 239 cm³/mol. The maximum Gasteiger partial charge on any atom is 0.182 e. The van der Waals surface area contributed by atoms with E-state index in [1.165, 1.54) is 79.9 Å². The molecule has 0 spiro atoms. The highest BCUT2D eigenvalue weighted by molar-refractivity contribution is 8.00. The molecule has 2 aromatic heterocycles. The van der Waals surface area contributed by atoms with Crippen LogP contribution in [-0.2, 0) is 0 Å². The zero-order valence-electron chi connectivity index (χ0n) is 30.3. The van der Waals surface area contributed by atoms with Crippen molar-refractivity contribution in [2.24, 2.45) is 0 Å². The number of hydrogen-bond acceptors (Lipinski definition) is 2. The summed E-state index contributed by atoms with van der Waals surface area (Å²) in [4.78, 5) is 2.66. The van der Waals surface area contributed by atoms with Gasteiger partial charge in [0.15, 0.2) is 8.07 Å². The van der Waals surface area contributed by atoms with Gasteiger partial charge in [-0.05, 0) is 97.2 Å². The second-order valence-corrected chi connectivity index (χ2v) is 19.6. The first-order valence-electron chi connectivity index (χ1n) is 19.2. The Labute approximate surface area is 329 Å². The molecular weight excluding hydrogens is 715 g/mol. The van der Waals surface area contributed by atoms with Gasteiger partial charge in [0.1, 0.15) is 11.2 Å². The first-order chi connectivity index (χ1) is 27.8. The van der Waals surface area contributed by atoms with Crippen LogP contribution < -0.4 is 20.7 Å². The number of rotatable bonds is 4. The lowest BCUT2D eigenvalue weighted by Gasteiger charge is -2.40. The van der Waals surface area contributed by atoms with Crippen molar-refractivity contribution in [1.29, 1.82) is 0 Å². The van der Waals surface area contributed by atoms with E-state index < -0.39 is 8.07 Å². The molecule has 0 saturated heterocycles. The number of para-hydroxylation sites is 3. The van der Waals surface area contributed by atoms with Crippen molar-refractivity contribution in [1.82, 2.24) is 4.57 Å². The van der Waals surface area contributed by atoms with Crippen molar-refractivity contribution in [2.45, 2.75) is 9.79 Å². The number of nitrogens with zero attached hydrogens (tertiary/aromatic N) is 1. The molecular formula is C52H33NOSSi. The first kappa shape index (κ1) is 31.7. The average molecular weight is 748 g/mol. The summed E-state index contributed by atoms with van der Waals surface area (Å²) in [6.45, 7) is 0. The summed E-state index contributed by atoms with van der Waals surface area (Å²) in [5.41, 5.74) is 7.87. The van der Waals surface area contributed by atoms with Gasteiger partial charge in [-0.1, -0.05) is 157 Å². The van der Waals surface area contributed by atoms with Crippen molar-refractivity contribution in [2.75, 3.05) is 0 Å². The smallest absolute Gasteiger partial charge is 0.182 e. The molecule has 11 aromatic rings. The fraction of sp³-hybridized carbons (Fsp3) is 0. The van der Waals surface area contributed by atoms with Crippen LogP contribution in [0.3, 0.4) is 0 Å². The van der Waals surface area contributed by atoms with Crippen LogP contribution in [0.15, 0.2) is 214 Å². The fourth-order valence-electron chi connectivity index (χ4n) is 9.50. The molecule has 12 rings (SSSR count). The third kappa shape index (κ3) is 4.51. The Morgan fingerprint density at radius 2 is 0.982 bits per heavy atom. The molecule has 2 nitrogen and oxygen atoms in total. The number of furan rings is 1. The van der Waals surface area contributed by atoms with E-state index in [0.717, 1.165) is 21.9 Å². The molecule has 0 bridgehead atoms. The standard InChI is InChI=1S/C52H33NOSSi/c1-2-14-39-34(12-1)13-11-23-50(39)56(38-28-26-37(27-29-38)53-44-18-6-3-15-40(44)41-16-4-7-19-45(41)53)51-22-10-9-21-48(51)55-49-33-36(25-31-52(49)56)35-24-30-47-43(32-35)42-17-5-8-20-46(42)54-47/h1-33H. The highest BCUT2D eigenvalue weighted by Gasteiger charge is 2.47. The van der Waals surface area contributed by atoms with E-state index in [2.05, 4.69) is 199 Å². The molecule has 1 atom stereocenters. The van der Waals surface area contributed by atoms with E-state index in [-0.39, 0.29) is 0 Å². The predicted octanol–water partition coefficient (Wildman–Crippen LogP) is 11.3. The molecule has 9 aromatic carbocycles. The van der Waals surface area contributed by atoms with Crippen LogP contribution in [0, 0.1) is 0 Å². The molecule has 0 amide bonds. The van der Waals surface area contributed by atoms with Gasteiger partial charge in [0, 0.05) is 37.0 Å². The van der Waals surface area contributed by atoms with Gasteiger partial charge in [-0.3, -0.25) is 0 Å². The van der Waals surface area contributed by atoms with Crippen LogP contribution in [-0.4, -0.2) is 12.6 Å². The van der Waals surface area contributed by atoms with Crippen molar-refractivity contribution < 1.29 is 4.42 Å². The Hall–Kier alpha value is -6.59. The van der Waals surface area contributed by atoms with E-state index in [1.54, 1.807) is 0 Å². The molecule has 56 heavy (non-hydrogen) atoms. The van der Waals surface area contributed by atoms with Gasteiger partial charge in [-0.15, -0.1) is 0 Å². The maximum atomic E-state index is 6.21. The topological polar surface area (TPSA) is 18.1 Å². The SMILES string of the molecule is c1ccc2c(c1)Sc1cc(-c3ccc4oc5ccccc5c4c3)ccc1[Si]2(c1ccc(-n2c3ccccc3c3ccccc32)cc1)c1cccc2ccccc12.